The van der Waals surface area contributed by atoms with Crippen molar-refractivity contribution in [2.24, 2.45) is 0 Å². The number of nitrogens with zero attached hydrogens (tertiary/aromatic N) is 4. The second kappa shape index (κ2) is 11.2. The molecular weight excluding hydrogens is 543 g/mol. The first-order chi connectivity index (χ1) is 18.9. The molecule has 4 aromatic rings. The summed E-state index contributed by atoms with van der Waals surface area (Å²) in [5.74, 6) is -1.02. The summed E-state index contributed by atoms with van der Waals surface area (Å²) < 4.78 is 24.6. The molecule has 2 aromatic carbocycles. The Morgan fingerprint density at radius 3 is 2.44 bits per heavy atom. The number of pyridine rings is 1. The molecule has 2 aromatic heterocycles. The first-order valence-corrected chi connectivity index (χ1v) is 13.4. The van der Waals surface area contributed by atoms with Gasteiger partial charge in [0.15, 0.2) is 15.8 Å². The van der Waals surface area contributed by atoms with Crippen LogP contribution in [-0.4, -0.2) is 46.2 Å². The third kappa shape index (κ3) is 5.20. The largest absolute Gasteiger partial charge is 0.507 e. The number of halogens is 1. The third-order valence-electron chi connectivity index (χ3n) is 6.00. The average molecular weight is 565 g/mol. The van der Waals surface area contributed by atoms with Crippen LogP contribution in [0, 0.1) is 5.82 Å². The van der Waals surface area contributed by atoms with Crippen LogP contribution in [0.4, 0.5) is 9.52 Å². The molecule has 39 heavy (non-hydrogen) atoms. The number of hydrogen-bond donors (Lipinski definition) is 1. The SMILES string of the molecule is COc1ccc(C2C(=C(O)c3ccncc3)C(=O)C(=O)N2c2nnc(SCc3ccc(F)cc3)s2)cc1OC. The summed E-state index contributed by atoms with van der Waals surface area (Å²) in [6.45, 7) is 0. The van der Waals surface area contributed by atoms with Gasteiger partial charge in [-0.2, -0.15) is 0 Å². The number of aliphatic hydroxyl groups excluding tert-OH is 1. The number of anilines is 1. The monoisotopic (exact) mass is 564 g/mol. The molecule has 1 amide bonds. The van der Waals surface area contributed by atoms with Crippen LogP contribution in [0.25, 0.3) is 5.76 Å². The molecule has 1 fully saturated rings. The van der Waals surface area contributed by atoms with E-state index in [-0.39, 0.29) is 22.3 Å². The molecule has 0 radical (unpaired) electrons. The molecule has 5 rings (SSSR count). The molecule has 1 aliphatic heterocycles. The van der Waals surface area contributed by atoms with Gasteiger partial charge in [0, 0.05) is 23.7 Å². The van der Waals surface area contributed by atoms with Crippen LogP contribution in [0.15, 0.2) is 76.9 Å². The van der Waals surface area contributed by atoms with Gasteiger partial charge in [0.25, 0.3) is 5.78 Å². The highest BCUT2D eigenvalue weighted by Crippen LogP contribution is 2.45. The molecule has 0 saturated carbocycles. The van der Waals surface area contributed by atoms with Crippen molar-refractivity contribution in [2.45, 2.75) is 16.1 Å². The van der Waals surface area contributed by atoms with Crippen LogP contribution in [-0.2, 0) is 15.3 Å². The molecule has 198 valence electrons. The van der Waals surface area contributed by atoms with Gasteiger partial charge < -0.3 is 14.6 Å². The molecule has 0 spiro atoms. The number of Topliss-reactive ketones (excluding diaryl/α,β-unsaturated/α-hetero) is 1. The molecular formula is C27H21FN4O5S2. The predicted octanol–water partition coefficient (Wildman–Crippen LogP) is 5.01. The number of aromatic nitrogens is 3. The normalized spacial score (nSPS) is 16.5. The van der Waals surface area contributed by atoms with E-state index in [1.165, 1.54) is 55.4 Å². The van der Waals surface area contributed by atoms with Crippen LogP contribution in [0.3, 0.4) is 0 Å². The van der Waals surface area contributed by atoms with Gasteiger partial charge in [0.2, 0.25) is 5.13 Å². The molecule has 0 bridgehead atoms. The molecule has 12 heteroatoms. The lowest BCUT2D eigenvalue weighted by Crippen LogP contribution is -2.29. The van der Waals surface area contributed by atoms with Crippen LogP contribution in [0.1, 0.15) is 22.7 Å². The summed E-state index contributed by atoms with van der Waals surface area (Å²) in [6, 6.07) is 13.2. The Balaban J connectivity index is 1.56. The van der Waals surface area contributed by atoms with E-state index in [1.54, 1.807) is 42.5 Å². The van der Waals surface area contributed by atoms with E-state index in [9.17, 15) is 19.1 Å². The maximum absolute atomic E-state index is 13.4. The van der Waals surface area contributed by atoms with Crippen molar-refractivity contribution in [3.63, 3.8) is 0 Å². The lowest BCUT2D eigenvalue weighted by Gasteiger charge is -2.23. The molecule has 0 aliphatic carbocycles. The lowest BCUT2D eigenvalue weighted by atomic mass is 9.95. The summed E-state index contributed by atoms with van der Waals surface area (Å²) >= 11 is 2.50. The van der Waals surface area contributed by atoms with Crippen LogP contribution >= 0.6 is 23.1 Å². The topological polar surface area (TPSA) is 115 Å². The summed E-state index contributed by atoms with van der Waals surface area (Å²) in [4.78, 5) is 31.9. The molecule has 1 atom stereocenters. The Labute approximate surface area is 230 Å². The highest BCUT2D eigenvalue weighted by atomic mass is 32.2. The number of hydrogen-bond acceptors (Lipinski definition) is 10. The molecule has 1 N–H and O–H groups in total. The van der Waals surface area contributed by atoms with Gasteiger partial charge in [-0.25, -0.2) is 4.39 Å². The minimum Gasteiger partial charge on any atom is -0.507 e. The van der Waals surface area contributed by atoms with E-state index in [2.05, 4.69) is 15.2 Å². The first-order valence-electron chi connectivity index (χ1n) is 11.5. The fraction of sp³-hybridized carbons (Fsp3) is 0.148. The van der Waals surface area contributed by atoms with Gasteiger partial charge in [-0.3, -0.25) is 19.5 Å². The number of carbonyl (C=O) groups excluding carboxylic acids is 2. The molecule has 1 unspecified atom stereocenters. The number of thioether (sulfide) groups is 1. The second-order valence-electron chi connectivity index (χ2n) is 8.29. The van der Waals surface area contributed by atoms with Crippen molar-refractivity contribution >= 4 is 45.7 Å². The highest BCUT2D eigenvalue weighted by molar-refractivity contribution is 8.00. The van der Waals surface area contributed by atoms with Crippen LogP contribution in [0.2, 0.25) is 0 Å². The molecule has 3 heterocycles. The van der Waals surface area contributed by atoms with Crippen LogP contribution in [0.5, 0.6) is 11.5 Å². The van der Waals surface area contributed by atoms with Crippen LogP contribution < -0.4 is 14.4 Å². The Hall–Kier alpha value is -4.29. The number of amides is 1. The van der Waals surface area contributed by atoms with E-state index in [4.69, 9.17) is 9.47 Å². The third-order valence-corrected chi connectivity index (χ3v) is 8.13. The minimum atomic E-state index is -1.01. The first kappa shape index (κ1) is 26.3. The average Bonchev–Trinajstić information content (AvgIpc) is 3.54. The number of methoxy groups -OCH3 is 2. The summed E-state index contributed by atoms with van der Waals surface area (Å²) in [5, 5.41) is 19.8. The lowest BCUT2D eigenvalue weighted by molar-refractivity contribution is -0.132. The maximum atomic E-state index is 13.4. The van der Waals surface area contributed by atoms with Gasteiger partial charge >= 0.3 is 5.91 Å². The number of ether oxygens (including phenoxy) is 2. The van der Waals surface area contributed by atoms with E-state index in [1.807, 2.05) is 0 Å². The molecule has 1 saturated heterocycles. The van der Waals surface area contributed by atoms with Crippen molar-refractivity contribution in [1.29, 1.82) is 0 Å². The van der Waals surface area contributed by atoms with Crippen molar-refractivity contribution in [3.05, 3.63) is 95.1 Å². The Bertz CT molecular complexity index is 1560. The predicted molar refractivity (Wildman–Crippen MR) is 144 cm³/mol. The zero-order valence-electron chi connectivity index (χ0n) is 20.7. The molecule has 9 nitrogen and oxygen atoms in total. The second-order valence-corrected chi connectivity index (χ2v) is 10.5. The number of benzene rings is 2. The van der Waals surface area contributed by atoms with Crippen molar-refractivity contribution in [1.82, 2.24) is 15.2 Å². The Morgan fingerprint density at radius 1 is 1.03 bits per heavy atom. The van der Waals surface area contributed by atoms with Gasteiger partial charge in [-0.05, 0) is 47.5 Å². The molecule has 1 aliphatic rings. The fourth-order valence-corrected chi connectivity index (χ4v) is 5.94. The van der Waals surface area contributed by atoms with Gasteiger partial charge in [0.05, 0.1) is 25.8 Å². The van der Waals surface area contributed by atoms with Crippen molar-refractivity contribution in [3.8, 4) is 11.5 Å². The number of carbonyl (C=O) groups is 2. The zero-order valence-corrected chi connectivity index (χ0v) is 22.3. The Morgan fingerprint density at radius 2 is 1.74 bits per heavy atom. The maximum Gasteiger partial charge on any atom is 0.301 e. The number of rotatable bonds is 8. The number of aliphatic hydroxyl groups is 1. The number of ketones is 1. The Kier molecular flexibility index (Phi) is 7.57. The summed E-state index contributed by atoms with van der Waals surface area (Å²) in [6.07, 6.45) is 2.96. The van der Waals surface area contributed by atoms with Crippen molar-refractivity contribution < 1.29 is 28.6 Å². The van der Waals surface area contributed by atoms with Gasteiger partial charge in [-0.15, -0.1) is 10.2 Å². The standard InChI is InChI=1S/C27H21FN4O5S2/c1-36-19-8-5-17(13-20(19)37-2)22-21(23(33)16-9-11-29-12-10-16)24(34)25(35)32(22)26-30-31-27(39-26)38-14-15-3-6-18(28)7-4-15/h3-13,22,33H,14H2,1-2H3. The van der Waals surface area contributed by atoms with Gasteiger partial charge in [-0.1, -0.05) is 41.3 Å². The smallest absolute Gasteiger partial charge is 0.301 e. The minimum absolute atomic E-state index is 0.103. The van der Waals surface area contributed by atoms with E-state index in [0.29, 0.717) is 32.7 Å². The summed E-state index contributed by atoms with van der Waals surface area (Å²) in [5.41, 5.74) is 1.62. The van der Waals surface area contributed by atoms with E-state index in [0.717, 1.165) is 16.9 Å². The highest BCUT2D eigenvalue weighted by Gasteiger charge is 2.48. The van der Waals surface area contributed by atoms with Gasteiger partial charge in [0.1, 0.15) is 11.6 Å². The van der Waals surface area contributed by atoms with Crippen molar-refractivity contribution in [2.75, 3.05) is 19.1 Å². The zero-order chi connectivity index (χ0) is 27.5. The quantitative estimate of drug-likeness (QED) is 0.104. The van der Waals surface area contributed by atoms with E-state index < -0.39 is 17.7 Å². The van der Waals surface area contributed by atoms with E-state index >= 15 is 0 Å². The fourth-order valence-electron chi connectivity index (χ4n) is 4.12. The summed E-state index contributed by atoms with van der Waals surface area (Å²) in [7, 11) is 2.98.